The van der Waals surface area contributed by atoms with Gasteiger partial charge in [-0.25, -0.2) is 4.98 Å². The molecule has 0 N–H and O–H groups in total. The Morgan fingerprint density at radius 1 is 0.400 bits per heavy atom. The van der Waals surface area contributed by atoms with Gasteiger partial charge in [0.1, 0.15) is 0 Å². The van der Waals surface area contributed by atoms with E-state index in [4.69, 9.17) is 4.98 Å². The first-order chi connectivity index (χ1) is 29.7. The predicted octanol–water partition coefficient (Wildman–Crippen LogP) is 15.4. The van der Waals surface area contributed by atoms with Gasteiger partial charge in [0.15, 0.2) is 0 Å². The Morgan fingerprint density at radius 2 is 0.933 bits per heavy atom. The van der Waals surface area contributed by atoms with Crippen LogP contribution in [0.5, 0.6) is 0 Å². The summed E-state index contributed by atoms with van der Waals surface area (Å²) in [5.41, 5.74) is 18.0. The molecule has 0 atom stereocenters. The van der Waals surface area contributed by atoms with Crippen molar-refractivity contribution in [3.05, 3.63) is 234 Å². The van der Waals surface area contributed by atoms with Crippen molar-refractivity contribution in [1.82, 2.24) is 4.98 Å². The summed E-state index contributed by atoms with van der Waals surface area (Å²) in [4.78, 5) is 8.07. The highest BCUT2D eigenvalue weighted by molar-refractivity contribution is 8.00. The number of nitrogens with zero attached hydrogens (tertiary/aromatic N) is 1. The molecule has 2 heteroatoms. The number of hydrogen-bond acceptors (Lipinski definition) is 2. The highest BCUT2D eigenvalue weighted by atomic mass is 32.2. The average Bonchev–Trinajstić information content (AvgIpc) is 3.61. The lowest BCUT2D eigenvalue weighted by atomic mass is 9.66. The first kappa shape index (κ1) is 35.0. The highest BCUT2D eigenvalue weighted by Crippen LogP contribution is 2.64. The van der Waals surface area contributed by atoms with E-state index >= 15 is 0 Å². The van der Waals surface area contributed by atoms with Gasteiger partial charge in [0.05, 0.1) is 16.8 Å². The molecule has 10 aromatic rings. The summed E-state index contributed by atoms with van der Waals surface area (Å²) in [5, 5.41) is 5.17. The summed E-state index contributed by atoms with van der Waals surface area (Å²) in [6, 6.07) is 76.3. The molecule has 1 aliphatic heterocycles. The summed E-state index contributed by atoms with van der Waals surface area (Å²) in [6.45, 7) is 2.24. The zero-order valence-corrected chi connectivity index (χ0v) is 34.0. The lowest BCUT2D eigenvalue weighted by molar-refractivity contribution is 0.729. The molecule has 0 saturated carbocycles. The van der Waals surface area contributed by atoms with E-state index < -0.39 is 5.41 Å². The third-order valence-electron chi connectivity index (χ3n) is 12.9. The van der Waals surface area contributed by atoms with Gasteiger partial charge < -0.3 is 0 Å². The van der Waals surface area contributed by atoms with Crippen molar-refractivity contribution in [2.45, 2.75) is 28.6 Å². The van der Waals surface area contributed by atoms with Gasteiger partial charge in [-0.3, -0.25) is 0 Å². The van der Waals surface area contributed by atoms with Gasteiger partial charge in [0, 0.05) is 20.9 Å². The van der Waals surface area contributed by atoms with Crippen molar-refractivity contribution in [2.24, 2.45) is 0 Å². The van der Waals surface area contributed by atoms with Crippen LogP contribution in [0.3, 0.4) is 0 Å². The van der Waals surface area contributed by atoms with Gasteiger partial charge in [-0.1, -0.05) is 213 Å². The van der Waals surface area contributed by atoms with E-state index in [1.54, 1.807) is 0 Å². The monoisotopic (exact) mass is 781 g/mol. The van der Waals surface area contributed by atoms with Crippen LogP contribution in [0.1, 0.15) is 34.7 Å². The fourth-order valence-electron chi connectivity index (χ4n) is 10.2. The number of fused-ring (bicyclic) bond motifs is 13. The zero-order chi connectivity index (χ0) is 39.8. The molecule has 0 radical (unpaired) electrons. The molecule has 9 aromatic carbocycles. The van der Waals surface area contributed by atoms with Crippen LogP contribution in [-0.4, -0.2) is 4.98 Å². The maximum atomic E-state index is 5.37. The van der Waals surface area contributed by atoms with E-state index in [2.05, 4.69) is 213 Å². The van der Waals surface area contributed by atoms with Crippen LogP contribution in [0.15, 0.2) is 216 Å². The molecule has 1 aliphatic carbocycles. The smallest absolute Gasteiger partial charge is 0.0747 e. The van der Waals surface area contributed by atoms with Gasteiger partial charge in [-0.05, 0) is 101 Å². The van der Waals surface area contributed by atoms with E-state index in [-0.39, 0.29) is 0 Å². The van der Waals surface area contributed by atoms with Crippen molar-refractivity contribution >= 4 is 33.3 Å². The number of benzene rings is 9. The molecule has 282 valence electrons. The van der Waals surface area contributed by atoms with Crippen molar-refractivity contribution in [1.29, 1.82) is 0 Å². The predicted molar refractivity (Wildman–Crippen MR) is 252 cm³/mol. The van der Waals surface area contributed by atoms with Gasteiger partial charge >= 0.3 is 0 Å². The van der Waals surface area contributed by atoms with Crippen molar-refractivity contribution in [3.8, 4) is 55.9 Å². The molecule has 1 nitrogen and oxygen atoms in total. The van der Waals surface area contributed by atoms with Crippen LogP contribution in [-0.2, 0) is 11.8 Å². The average molecular weight is 782 g/mol. The second kappa shape index (κ2) is 13.8. The van der Waals surface area contributed by atoms with E-state index in [0.717, 1.165) is 28.9 Å². The van der Waals surface area contributed by atoms with Crippen LogP contribution in [0.2, 0.25) is 0 Å². The number of aromatic nitrogens is 1. The Morgan fingerprint density at radius 3 is 1.60 bits per heavy atom. The summed E-state index contributed by atoms with van der Waals surface area (Å²) >= 11 is 1.95. The Labute approximate surface area is 355 Å². The molecule has 0 amide bonds. The molecule has 2 aliphatic rings. The minimum atomic E-state index is -0.458. The van der Waals surface area contributed by atoms with Gasteiger partial charge in [-0.2, -0.15) is 0 Å². The van der Waals surface area contributed by atoms with E-state index in [9.17, 15) is 0 Å². The largest absolute Gasteiger partial charge is 0.247 e. The topological polar surface area (TPSA) is 12.9 Å². The Bertz CT molecular complexity index is 3230. The van der Waals surface area contributed by atoms with Crippen molar-refractivity contribution in [3.63, 3.8) is 0 Å². The first-order valence-electron chi connectivity index (χ1n) is 20.9. The van der Waals surface area contributed by atoms with Crippen molar-refractivity contribution in [2.75, 3.05) is 0 Å². The van der Waals surface area contributed by atoms with E-state index in [0.29, 0.717) is 0 Å². The molecule has 1 spiro atoms. The third kappa shape index (κ3) is 5.17. The number of pyridine rings is 1. The van der Waals surface area contributed by atoms with Crippen molar-refractivity contribution < 1.29 is 0 Å². The van der Waals surface area contributed by atoms with E-state index in [1.165, 1.54) is 92.5 Å². The lowest BCUT2D eigenvalue weighted by Gasteiger charge is -2.40. The molecule has 1 aromatic heterocycles. The Kier molecular flexibility index (Phi) is 8.05. The molecule has 2 heterocycles. The highest BCUT2D eigenvalue weighted by Gasteiger charge is 2.50. The number of hydrogen-bond donors (Lipinski definition) is 0. The molecular formula is C58H39NS. The second-order valence-corrected chi connectivity index (χ2v) is 17.1. The van der Waals surface area contributed by atoms with Crippen LogP contribution >= 0.6 is 11.8 Å². The van der Waals surface area contributed by atoms with Crippen LogP contribution in [0.4, 0.5) is 0 Å². The summed E-state index contributed by atoms with van der Waals surface area (Å²) in [7, 11) is 0. The quantitative estimate of drug-likeness (QED) is 0.172. The Hall–Kier alpha value is -7.00. The molecule has 0 unspecified atom stereocenters. The minimum absolute atomic E-state index is 0.458. The summed E-state index contributed by atoms with van der Waals surface area (Å²) in [5.74, 6) is 0. The number of rotatable bonds is 5. The molecule has 0 saturated heterocycles. The standard InChI is InChI=1S/C58H39NS/c1-2-44-48(38-15-5-3-6-16-38)36-54(41-19-7-4-8-20-41)59-55(44)42-27-25-37(26-28-42)43-31-32-51-49(35-43)47-23-13-14-24-50(47)58(51)52-33-29-39-17-9-11-21-45(39)56(52)60-57-46-22-12-10-18-40(46)30-34-53(57)58/h3-36H,2H2,1H3. The summed E-state index contributed by atoms with van der Waals surface area (Å²) < 4.78 is 0. The molecule has 12 rings (SSSR count). The summed E-state index contributed by atoms with van der Waals surface area (Å²) in [6.07, 6.45) is 0.881. The van der Waals surface area contributed by atoms with Crippen LogP contribution < -0.4 is 0 Å². The molecule has 0 fully saturated rings. The normalized spacial score (nSPS) is 13.2. The fourth-order valence-corrected chi connectivity index (χ4v) is 11.7. The van der Waals surface area contributed by atoms with Gasteiger partial charge in [0.2, 0.25) is 0 Å². The maximum absolute atomic E-state index is 5.37. The van der Waals surface area contributed by atoms with E-state index in [1.807, 2.05) is 11.8 Å². The van der Waals surface area contributed by atoms with Crippen LogP contribution in [0, 0.1) is 0 Å². The van der Waals surface area contributed by atoms with Gasteiger partial charge in [0.25, 0.3) is 0 Å². The second-order valence-electron chi connectivity index (χ2n) is 16.0. The molecule has 60 heavy (non-hydrogen) atoms. The fraction of sp³-hybridized carbons (Fsp3) is 0.0517. The third-order valence-corrected chi connectivity index (χ3v) is 14.2. The SMILES string of the molecule is CCc1c(-c2ccccc2)cc(-c2ccccc2)nc1-c1ccc(-c2ccc3c(c2)-c2ccccc2C32c3ccc4ccccc4c3Sc3c2ccc2ccccc32)cc1. The maximum Gasteiger partial charge on any atom is 0.0747 e. The zero-order valence-electron chi connectivity index (χ0n) is 33.2. The molecule has 0 bridgehead atoms. The minimum Gasteiger partial charge on any atom is -0.247 e. The van der Waals surface area contributed by atoms with Gasteiger partial charge in [-0.15, -0.1) is 0 Å². The lowest BCUT2D eigenvalue weighted by Crippen LogP contribution is -2.32. The molecular weight excluding hydrogens is 743 g/mol. The Balaban J connectivity index is 1.03. The first-order valence-corrected chi connectivity index (χ1v) is 21.7. The van der Waals surface area contributed by atoms with Crippen LogP contribution in [0.25, 0.3) is 77.4 Å².